The summed E-state index contributed by atoms with van der Waals surface area (Å²) in [5.41, 5.74) is 0. The first-order chi connectivity index (χ1) is 8.72. The molecule has 3 rings (SSSR count). The second kappa shape index (κ2) is 4.55. The molecular formula is C13H18N4O. The van der Waals surface area contributed by atoms with E-state index in [0.29, 0.717) is 18.7 Å². The third-order valence-electron chi connectivity index (χ3n) is 3.59. The Morgan fingerprint density at radius 1 is 1.06 bits per heavy atom. The summed E-state index contributed by atoms with van der Waals surface area (Å²) in [6.45, 7) is 5.36. The second-order valence-corrected chi connectivity index (χ2v) is 5.04. The first kappa shape index (κ1) is 11.4. The molecule has 18 heavy (non-hydrogen) atoms. The van der Waals surface area contributed by atoms with Crippen LogP contribution in [-0.2, 0) is 4.79 Å². The normalized spacial score (nSPS) is 19.9. The molecule has 0 amide bonds. The van der Waals surface area contributed by atoms with E-state index in [9.17, 15) is 4.79 Å². The van der Waals surface area contributed by atoms with Gasteiger partial charge in [0.25, 0.3) is 0 Å². The van der Waals surface area contributed by atoms with Crippen LogP contribution in [0.15, 0.2) is 6.07 Å². The molecule has 96 valence electrons. The first-order valence-corrected chi connectivity index (χ1v) is 6.60. The maximum atomic E-state index is 11.4. The molecule has 2 aliphatic rings. The lowest BCUT2D eigenvalue weighted by Gasteiger charge is -2.21. The summed E-state index contributed by atoms with van der Waals surface area (Å²) in [5, 5.41) is 0. The smallest absolute Gasteiger partial charge is 0.153 e. The minimum absolute atomic E-state index is 0.300. The number of nitrogens with zero attached hydrogens (tertiary/aromatic N) is 4. The Balaban J connectivity index is 1.87. The second-order valence-electron chi connectivity index (χ2n) is 5.04. The molecule has 5 nitrogen and oxygen atoms in total. The van der Waals surface area contributed by atoms with Crippen LogP contribution in [0.25, 0.3) is 0 Å². The van der Waals surface area contributed by atoms with Crippen LogP contribution in [0.4, 0.5) is 11.6 Å². The van der Waals surface area contributed by atoms with Crippen molar-refractivity contribution in [2.24, 2.45) is 0 Å². The van der Waals surface area contributed by atoms with Gasteiger partial charge in [-0.3, -0.25) is 4.79 Å². The van der Waals surface area contributed by atoms with Gasteiger partial charge in [-0.15, -0.1) is 0 Å². The van der Waals surface area contributed by atoms with Crippen molar-refractivity contribution in [1.82, 2.24) is 9.97 Å². The number of anilines is 2. The topological polar surface area (TPSA) is 49.3 Å². The van der Waals surface area contributed by atoms with Crippen molar-refractivity contribution in [3.05, 3.63) is 11.9 Å². The summed E-state index contributed by atoms with van der Waals surface area (Å²) >= 11 is 0. The molecular weight excluding hydrogens is 228 g/mol. The predicted octanol–water partition coefficient (Wildman–Crippen LogP) is 1.16. The van der Waals surface area contributed by atoms with Crippen LogP contribution in [0, 0.1) is 6.92 Å². The van der Waals surface area contributed by atoms with Crippen LogP contribution < -0.4 is 9.80 Å². The molecule has 2 saturated heterocycles. The SMILES string of the molecule is Cc1nc(N2CCCC2)cc(N2CCC(=O)C2)n1. The molecule has 0 aromatic carbocycles. The summed E-state index contributed by atoms with van der Waals surface area (Å²) in [5.74, 6) is 2.99. The number of aryl methyl sites for hydroxylation is 1. The average Bonchev–Trinajstić information content (AvgIpc) is 2.98. The van der Waals surface area contributed by atoms with Gasteiger partial charge in [0.1, 0.15) is 17.5 Å². The first-order valence-electron chi connectivity index (χ1n) is 6.60. The fraction of sp³-hybridized carbons (Fsp3) is 0.615. The molecule has 0 atom stereocenters. The van der Waals surface area contributed by atoms with Crippen molar-refractivity contribution in [2.75, 3.05) is 36.0 Å². The summed E-state index contributed by atoms with van der Waals surface area (Å²) < 4.78 is 0. The zero-order valence-electron chi connectivity index (χ0n) is 10.7. The van der Waals surface area contributed by atoms with Gasteiger partial charge in [0.05, 0.1) is 6.54 Å². The molecule has 5 heteroatoms. The van der Waals surface area contributed by atoms with Gasteiger partial charge < -0.3 is 9.80 Å². The summed E-state index contributed by atoms with van der Waals surface area (Å²) in [6.07, 6.45) is 3.11. The van der Waals surface area contributed by atoms with Crippen molar-refractivity contribution in [3.8, 4) is 0 Å². The number of Topliss-reactive ketones (excluding diaryl/α,β-unsaturated/α-hetero) is 1. The Morgan fingerprint density at radius 3 is 2.33 bits per heavy atom. The quantitative estimate of drug-likeness (QED) is 0.784. The highest BCUT2D eigenvalue weighted by molar-refractivity contribution is 5.86. The van der Waals surface area contributed by atoms with E-state index in [-0.39, 0.29) is 0 Å². The average molecular weight is 246 g/mol. The standard InChI is InChI=1S/C13H18N4O/c1-10-14-12(16-5-2-3-6-16)8-13(15-10)17-7-4-11(18)9-17/h8H,2-7,9H2,1H3. The largest absolute Gasteiger partial charge is 0.356 e. The maximum absolute atomic E-state index is 11.4. The van der Waals surface area contributed by atoms with Gasteiger partial charge in [-0.2, -0.15) is 0 Å². The molecule has 0 aliphatic carbocycles. The van der Waals surface area contributed by atoms with E-state index in [4.69, 9.17) is 0 Å². The van der Waals surface area contributed by atoms with Crippen molar-refractivity contribution < 1.29 is 4.79 Å². The number of hydrogen-bond acceptors (Lipinski definition) is 5. The molecule has 0 bridgehead atoms. The molecule has 0 saturated carbocycles. The van der Waals surface area contributed by atoms with Gasteiger partial charge in [0, 0.05) is 32.1 Å². The molecule has 2 aliphatic heterocycles. The van der Waals surface area contributed by atoms with Crippen LogP contribution in [0.2, 0.25) is 0 Å². The number of aromatic nitrogens is 2. The summed E-state index contributed by atoms with van der Waals surface area (Å²) in [7, 11) is 0. The van der Waals surface area contributed by atoms with Crippen LogP contribution >= 0.6 is 0 Å². The fourth-order valence-corrected chi connectivity index (χ4v) is 2.63. The van der Waals surface area contributed by atoms with Crippen molar-refractivity contribution >= 4 is 17.4 Å². The molecule has 0 N–H and O–H groups in total. The van der Waals surface area contributed by atoms with E-state index >= 15 is 0 Å². The number of ketones is 1. The fourth-order valence-electron chi connectivity index (χ4n) is 2.63. The van der Waals surface area contributed by atoms with Crippen LogP contribution in [0.1, 0.15) is 25.1 Å². The van der Waals surface area contributed by atoms with Crippen molar-refractivity contribution in [3.63, 3.8) is 0 Å². The highest BCUT2D eigenvalue weighted by Crippen LogP contribution is 2.24. The van der Waals surface area contributed by atoms with E-state index in [2.05, 4.69) is 19.8 Å². The molecule has 0 radical (unpaired) electrons. The van der Waals surface area contributed by atoms with Crippen LogP contribution in [0.5, 0.6) is 0 Å². The molecule has 3 heterocycles. The van der Waals surface area contributed by atoms with Crippen molar-refractivity contribution in [2.45, 2.75) is 26.2 Å². The van der Waals surface area contributed by atoms with E-state index in [1.54, 1.807) is 0 Å². The van der Waals surface area contributed by atoms with E-state index in [1.165, 1.54) is 12.8 Å². The summed E-state index contributed by atoms with van der Waals surface area (Å²) in [4.78, 5) is 24.7. The highest BCUT2D eigenvalue weighted by atomic mass is 16.1. The lowest BCUT2D eigenvalue weighted by Crippen LogP contribution is -2.24. The number of hydrogen-bond donors (Lipinski definition) is 0. The molecule has 1 aromatic rings. The third kappa shape index (κ3) is 2.17. The summed E-state index contributed by atoms with van der Waals surface area (Å²) in [6, 6.07) is 2.02. The zero-order chi connectivity index (χ0) is 12.5. The van der Waals surface area contributed by atoms with Gasteiger partial charge in [0.15, 0.2) is 5.78 Å². The third-order valence-corrected chi connectivity index (χ3v) is 3.59. The van der Waals surface area contributed by atoms with Gasteiger partial charge in [0.2, 0.25) is 0 Å². The Bertz CT molecular complexity index is 468. The number of carbonyl (C=O) groups excluding carboxylic acids is 1. The Hall–Kier alpha value is -1.65. The van der Waals surface area contributed by atoms with Crippen molar-refractivity contribution in [1.29, 1.82) is 0 Å². The van der Waals surface area contributed by atoms with E-state index in [1.807, 2.05) is 13.0 Å². The van der Waals surface area contributed by atoms with E-state index in [0.717, 1.165) is 37.1 Å². The van der Waals surface area contributed by atoms with Crippen LogP contribution in [-0.4, -0.2) is 41.9 Å². The number of carbonyl (C=O) groups is 1. The molecule has 1 aromatic heterocycles. The maximum Gasteiger partial charge on any atom is 0.153 e. The Labute approximate surface area is 107 Å². The Kier molecular flexibility index (Phi) is 2.89. The molecule has 0 unspecified atom stereocenters. The molecule has 0 spiro atoms. The highest BCUT2D eigenvalue weighted by Gasteiger charge is 2.22. The van der Waals surface area contributed by atoms with Gasteiger partial charge in [-0.1, -0.05) is 0 Å². The lowest BCUT2D eigenvalue weighted by molar-refractivity contribution is -0.116. The number of rotatable bonds is 2. The van der Waals surface area contributed by atoms with Gasteiger partial charge in [-0.25, -0.2) is 9.97 Å². The van der Waals surface area contributed by atoms with Gasteiger partial charge in [-0.05, 0) is 19.8 Å². The molecule has 2 fully saturated rings. The van der Waals surface area contributed by atoms with E-state index < -0.39 is 0 Å². The predicted molar refractivity (Wildman–Crippen MR) is 70.1 cm³/mol. The van der Waals surface area contributed by atoms with Crippen LogP contribution in [0.3, 0.4) is 0 Å². The Morgan fingerprint density at radius 2 is 1.72 bits per heavy atom. The lowest BCUT2D eigenvalue weighted by atomic mass is 10.4. The monoisotopic (exact) mass is 246 g/mol. The van der Waals surface area contributed by atoms with Gasteiger partial charge >= 0.3 is 0 Å². The minimum atomic E-state index is 0.300. The minimum Gasteiger partial charge on any atom is -0.356 e. The zero-order valence-corrected chi connectivity index (χ0v) is 10.7.